The Bertz CT molecular complexity index is 638. The Morgan fingerprint density at radius 3 is 2.32 bits per heavy atom. The van der Waals surface area contributed by atoms with Crippen LogP contribution in [0, 0.1) is 5.92 Å². The smallest absolute Gasteiger partial charge is 0.208 e. The molecule has 0 amide bonds. The van der Waals surface area contributed by atoms with Crippen molar-refractivity contribution in [1.29, 1.82) is 0 Å². The van der Waals surface area contributed by atoms with Gasteiger partial charge in [-0.05, 0) is 49.8 Å². The van der Waals surface area contributed by atoms with Crippen LogP contribution in [-0.2, 0) is 16.2 Å². The molecule has 0 spiro atoms. The maximum absolute atomic E-state index is 12.7. The molecular formula is C14H17ClF3NO2S. The summed E-state index contributed by atoms with van der Waals surface area (Å²) in [7, 11) is -4.07. The van der Waals surface area contributed by atoms with Gasteiger partial charge in [-0.15, -0.1) is 0 Å². The molecule has 8 heteroatoms. The average Bonchev–Trinajstić information content (AvgIpc) is 2.40. The van der Waals surface area contributed by atoms with Crippen LogP contribution in [0.4, 0.5) is 13.2 Å². The highest BCUT2D eigenvalue weighted by molar-refractivity contribution is 7.89. The lowest BCUT2D eigenvalue weighted by atomic mass is 9.88. The number of nitrogens with one attached hydrogen (secondary N) is 1. The number of benzene rings is 1. The number of hydrogen-bond donors (Lipinski definition) is 1. The molecule has 1 aromatic carbocycles. The van der Waals surface area contributed by atoms with Crippen molar-refractivity contribution in [1.82, 2.24) is 4.72 Å². The maximum Gasteiger partial charge on any atom is 0.416 e. The molecule has 1 aromatic rings. The minimum atomic E-state index is -4.62. The third-order valence-electron chi connectivity index (χ3n) is 3.89. The van der Waals surface area contributed by atoms with Crippen molar-refractivity contribution in [3.63, 3.8) is 0 Å². The zero-order chi connectivity index (χ0) is 16.5. The van der Waals surface area contributed by atoms with Crippen LogP contribution in [0.1, 0.15) is 38.2 Å². The van der Waals surface area contributed by atoms with E-state index in [9.17, 15) is 21.6 Å². The van der Waals surface area contributed by atoms with Crippen LogP contribution < -0.4 is 4.72 Å². The lowest BCUT2D eigenvalue weighted by Crippen LogP contribution is -2.37. The van der Waals surface area contributed by atoms with Crippen molar-refractivity contribution in [3.8, 4) is 0 Å². The third kappa shape index (κ3) is 4.14. The standard InChI is InChI=1S/C14H17ClF3NO2S/c1-9-2-5-11(6-3-9)19-22(20,21)13-8-10(14(16,17)18)4-7-12(13)15/h4,7-9,11,19H,2-3,5-6H2,1H3. The van der Waals surface area contributed by atoms with E-state index in [-0.39, 0.29) is 11.1 Å². The molecule has 0 radical (unpaired) electrons. The Morgan fingerprint density at radius 2 is 1.77 bits per heavy atom. The van der Waals surface area contributed by atoms with E-state index in [1.165, 1.54) is 0 Å². The molecule has 22 heavy (non-hydrogen) atoms. The second-order valence-corrected chi connectivity index (χ2v) is 7.81. The van der Waals surface area contributed by atoms with E-state index >= 15 is 0 Å². The van der Waals surface area contributed by atoms with Gasteiger partial charge in [0.05, 0.1) is 10.6 Å². The van der Waals surface area contributed by atoms with Gasteiger partial charge in [-0.3, -0.25) is 0 Å². The van der Waals surface area contributed by atoms with Gasteiger partial charge in [-0.1, -0.05) is 18.5 Å². The minimum absolute atomic E-state index is 0.218. The summed E-state index contributed by atoms with van der Waals surface area (Å²) in [6.45, 7) is 2.09. The van der Waals surface area contributed by atoms with Crippen LogP contribution in [0.25, 0.3) is 0 Å². The normalized spacial score (nSPS) is 23.5. The summed E-state index contributed by atoms with van der Waals surface area (Å²) in [6, 6.07) is 2.05. The second kappa shape index (κ2) is 6.37. The maximum atomic E-state index is 12.7. The Hall–Kier alpha value is -0.790. The van der Waals surface area contributed by atoms with Crippen LogP contribution in [0.2, 0.25) is 5.02 Å². The summed E-state index contributed by atoms with van der Waals surface area (Å²) in [5.74, 6) is 0.540. The summed E-state index contributed by atoms with van der Waals surface area (Å²) in [5, 5.41) is -0.218. The molecular weight excluding hydrogens is 339 g/mol. The molecule has 1 saturated carbocycles. The predicted octanol–water partition coefficient (Wildman–Crippen LogP) is 4.22. The predicted molar refractivity (Wildman–Crippen MR) is 78.2 cm³/mol. The van der Waals surface area contributed by atoms with E-state index in [0.717, 1.165) is 25.0 Å². The van der Waals surface area contributed by atoms with Gasteiger partial charge >= 0.3 is 6.18 Å². The van der Waals surface area contributed by atoms with Crippen LogP contribution in [0.5, 0.6) is 0 Å². The van der Waals surface area contributed by atoms with Crippen molar-refractivity contribution < 1.29 is 21.6 Å². The topological polar surface area (TPSA) is 46.2 Å². The van der Waals surface area contributed by atoms with Gasteiger partial charge in [-0.2, -0.15) is 13.2 Å². The Labute approximate surface area is 132 Å². The monoisotopic (exact) mass is 355 g/mol. The highest BCUT2D eigenvalue weighted by atomic mass is 35.5. The minimum Gasteiger partial charge on any atom is -0.208 e. The Morgan fingerprint density at radius 1 is 1.18 bits per heavy atom. The number of sulfonamides is 1. The van der Waals surface area contributed by atoms with E-state index in [4.69, 9.17) is 11.6 Å². The van der Waals surface area contributed by atoms with Crippen LogP contribution in [0.15, 0.2) is 23.1 Å². The van der Waals surface area contributed by atoms with E-state index in [1.54, 1.807) is 0 Å². The van der Waals surface area contributed by atoms with Crippen molar-refractivity contribution >= 4 is 21.6 Å². The zero-order valence-corrected chi connectivity index (χ0v) is 13.5. The first-order valence-corrected chi connectivity index (χ1v) is 8.85. The summed E-state index contributed by atoms with van der Waals surface area (Å²) in [4.78, 5) is -0.525. The lowest BCUT2D eigenvalue weighted by molar-refractivity contribution is -0.137. The lowest BCUT2D eigenvalue weighted by Gasteiger charge is -2.26. The summed E-state index contributed by atoms with van der Waals surface area (Å²) >= 11 is 5.79. The number of halogens is 4. The summed E-state index contributed by atoms with van der Waals surface area (Å²) in [6.07, 6.45) is -1.48. The molecule has 0 aliphatic heterocycles. The number of rotatable bonds is 3. The van der Waals surface area contributed by atoms with Crippen molar-refractivity contribution in [2.45, 2.75) is 49.7 Å². The highest BCUT2D eigenvalue weighted by Gasteiger charge is 2.33. The first-order chi connectivity index (χ1) is 10.1. The van der Waals surface area contributed by atoms with E-state index < -0.39 is 26.7 Å². The van der Waals surface area contributed by atoms with Gasteiger partial charge in [0, 0.05) is 6.04 Å². The first kappa shape index (κ1) is 17.6. The van der Waals surface area contributed by atoms with Crippen LogP contribution in [0.3, 0.4) is 0 Å². The number of hydrogen-bond acceptors (Lipinski definition) is 2. The van der Waals surface area contributed by atoms with Gasteiger partial charge in [0.1, 0.15) is 4.90 Å². The molecule has 1 fully saturated rings. The van der Waals surface area contributed by atoms with Gasteiger partial charge < -0.3 is 0 Å². The van der Waals surface area contributed by atoms with Crippen LogP contribution >= 0.6 is 11.6 Å². The molecule has 124 valence electrons. The Balaban J connectivity index is 2.25. The molecule has 0 saturated heterocycles. The molecule has 2 rings (SSSR count). The fraction of sp³-hybridized carbons (Fsp3) is 0.571. The Kier molecular flexibility index (Phi) is 5.09. The van der Waals surface area contributed by atoms with E-state index in [0.29, 0.717) is 24.8 Å². The molecule has 0 aromatic heterocycles. The molecule has 1 aliphatic carbocycles. The summed E-state index contributed by atoms with van der Waals surface area (Å²) in [5.41, 5.74) is -1.03. The van der Waals surface area contributed by atoms with E-state index in [2.05, 4.69) is 11.6 Å². The molecule has 1 aliphatic rings. The van der Waals surface area contributed by atoms with Gasteiger partial charge in [-0.25, -0.2) is 13.1 Å². The van der Waals surface area contributed by atoms with Gasteiger partial charge in [0.2, 0.25) is 10.0 Å². The molecule has 0 heterocycles. The molecule has 0 atom stereocenters. The highest BCUT2D eigenvalue weighted by Crippen LogP contribution is 2.34. The van der Waals surface area contributed by atoms with Crippen molar-refractivity contribution in [2.24, 2.45) is 5.92 Å². The molecule has 1 N–H and O–H groups in total. The third-order valence-corrected chi connectivity index (χ3v) is 5.89. The fourth-order valence-corrected chi connectivity index (χ4v) is 4.38. The van der Waals surface area contributed by atoms with Crippen molar-refractivity contribution in [3.05, 3.63) is 28.8 Å². The summed E-state index contributed by atoms with van der Waals surface area (Å²) < 4.78 is 65.3. The first-order valence-electron chi connectivity index (χ1n) is 6.98. The fourth-order valence-electron chi connectivity index (χ4n) is 2.55. The largest absolute Gasteiger partial charge is 0.416 e. The van der Waals surface area contributed by atoms with E-state index in [1.807, 2.05) is 0 Å². The molecule has 3 nitrogen and oxygen atoms in total. The zero-order valence-electron chi connectivity index (χ0n) is 12.0. The SMILES string of the molecule is CC1CCC(NS(=O)(=O)c2cc(C(F)(F)F)ccc2Cl)CC1. The average molecular weight is 356 g/mol. The second-order valence-electron chi connectivity index (χ2n) is 5.72. The van der Waals surface area contributed by atoms with Crippen molar-refractivity contribution in [2.75, 3.05) is 0 Å². The quantitative estimate of drug-likeness (QED) is 0.882. The van der Waals surface area contributed by atoms with Gasteiger partial charge in [0.25, 0.3) is 0 Å². The molecule has 0 bridgehead atoms. The van der Waals surface area contributed by atoms with Crippen LogP contribution in [-0.4, -0.2) is 14.5 Å². The number of alkyl halides is 3. The van der Waals surface area contributed by atoms with Gasteiger partial charge in [0.15, 0.2) is 0 Å². The molecule has 0 unspecified atom stereocenters.